The van der Waals surface area contributed by atoms with Crippen molar-refractivity contribution in [1.82, 2.24) is 5.32 Å². The Bertz CT molecular complexity index is 911. The van der Waals surface area contributed by atoms with Crippen molar-refractivity contribution in [3.8, 4) is 0 Å². The van der Waals surface area contributed by atoms with Crippen LogP contribution in [0.5, 0.6) is 0 Å². The summed E-state index contributed by atoms with van der Waals surface area (Å²) in [5.41, 5.74) is 0.0907. The summed E-state index contributed by atoms with van der Waals surface area (Å²) < 4.78 is 33.2. The summed E-state index contributed by atoms with van der Waals surface area (Å²) in [6.07, 6.45) is -1.000. The molecular formula is C16H17BrN2O5S2. The molecule has 2 aromatic rings. The molecule has 0 bridgehead atoms. The predicted octanol–water partition coefficient (Wildman–Crippen LogP) is 2.99. The highest BCUT2D eigenvalue weighted by molar-refractivity contribution is 9.11. The molecule has 0 aliphatic heterocycles. The molecule has 1 atom stereocenters. The number of rotatable bonds is 7. The van der Waals surface area contributed by atoms with Gasteiger partial charge in [-0.1, -0.05) is 12.1 Å². The number of amides is 1. The Morgan fingerprint density at radius 3 is 2.54 bits per heavy atom. The van der Waals surface area contributed by atoms with E-state index in [9.17, 15) is 18.0 Å². The highest BCUT2D eigenvalue weighted by atomic mass is 79.9. The van der Waals surface area contributed by atoms with Gasteiger partial charge in [-0.2, -0.15) is 0 Å². The molecule has 140 valence electrons. The SMILES string of the molecule is CCNC(=O)C(C)OC(=O)c1ccccc1NS(=O)(=O)c1ccc(Br)s1. The summed E-state index contributed by atoms with van der Waals surface area (Å²) in [7, 11) is -3.85. The molecule has 0 spiro atoms. The van der Waals surface area contributed by atoms with E-state index in [0.717, 1.165) is 11.3 Å². The lowest BCUT2D eigenvalue weighted by Gasteiger charge is -2.15. The molecule has 0 fully saturated rings. The maximum absolute atomic E-state index is 12.5. The summed E-state index contributed by atoms with van der Waals surface area (Å²) in [4.78, 5) is 24.1. The van der Waals surface area contributed by atoms with Gasteiger partial charge in [0.25, 0.3) is 15.9 Å². The van der Waals surface area contributed by atoms with E-state index in [-0.39, 0.29) is 15.5 Å². The number of esters is 1. The Balaban J connectivity index is 2.22. The van der Waals surface area contributed by atoms with Crippen LogP contribution in [0.1, 0.15) is 24.2 Å². The molecule has 7 nitrogen and oxygen atoms in total. The number of sulfonamides is 1. The molecule has 0 saturated heterocycles. The van der Waals surface area contributed by atoms with Crippen molar-refractivity contribution in [1.29, 1.82) is 0 Å². The normalized spacial score (nSPS) is 12.3. The lowest BCUT2D eigenvalue weighted by Crippen LogP contribution is -2.35. The molecule has 1 aromatic heterocycles. The third-order valence-corrected chi connectivity index (χ3v) is 6.69. The smallest absolute Gasteiger partial charge is 0.341 e. The Morgan fingerprint density at radius 1 is 1.23 bits per heavy atom. The maximum Gasteiger partial charge on any atom is 0.341 e. The topological polar surface area (TPSA) is 102 Å². The second-order valence-electron chi connectivity index (χ2n) is 5.15. The average molecular weight is 461 g/mol. The number of hydrogen-bond donors (Lipinski definition) is 2. The van der Waals surface area contributed by atoms with Crippen LogP contribution in [0.15, 0.2) is 44.4 Å². The monoisotopic (exact) mass is 460 g/mol. The first-order valence-electron chi connectivity index (χ1n) is 7.60. The third kappa shape index (κ3) is 5.05. The van der Waals surface area contributed by atoms with Crippen molar-refractivity contribution < 1.29 is 22.7 Å². The number of carbonyl (C=O) groups excluding carboxylic acids is 2. The summed E-state index contributed by atoms with van der Waals surface area (Å²) in [6.45, 7) is 3.60. The van der Waals surface area contributed by atoms with E-state index < -0.39 is 28.0 Å². The zero-order chi connectivity index (χ0) is 19.3. The van der Waals surface area contributed by atoms with E-state index in [1.165, 1.54) is 25.1 Å². The number of thiophene rings is 1. The van der Waals surface area contributed by atoms with Gasteiger partial charge in [0.05, 0.1) is 15.0 Å². The lowest BCUT2D eigenvalue weighted by atomic mass is 10.2. The van der Waals surface area contributed by atoms with Crippen LogP contribution in [-0.4, -0.2) is 32.9 Å². The Hall–Kier alpha value is -1.91. The fourth-order valence-corrected chi connectivity index (χ4v) is 5.07. The van der Waals surface area contributed by atoms with Gasteiger partial charge in [0.2, 0.25) is 0 Å². The van der Waals surface area contributed by atoms with Crippen molar-refractivity contribution in [2.75, 3.05) is 11.3 Å². The molecule has 1 amide bonds. The average Bonchev–Trinajstić information content (AvgIpc) is 3.02. The van der Waals surface area contributed by atoms with Crippen molar-refractivity contribution in [2.24, 2.45) is 0 Å². The van der Waals surface area contributed by atoms with E-state index in [4.69, 9.17) is 4.74 Å². The second kappa shape index (κ2) is 8.65. The third-order valence-electron chi connectivity index (χ3n) is 3.21. The summed E-state index contributed by atoms with van der Waals surface area (Å²) in [5.74, 6) is -1.23. The number of hydrogen-bond acceptors (Lipinski definition) is 6. The van der Waals surface area contributed by atoms with Crippen molar-refractivity contribution in [3.05, 3.63) is 45.7 Å². The van der Waals surface area contributed by atoms with Crippen LogP contribution in [0.3, 0.4) is 0 Å². The molecule has 10 heteroatoms. The molecular weight excluding hydrogens is 444 g/mol. The van der Waals surface area contributed by atoms with E-state index in [1.54, 1.807) is 25.1 Å². The Morgan fingerprint density at radius 2 is 1.92 bits per heavy atom. The molecule has 2 N–H and O–H groups in total. The van der Waals surface area contributed by atoms with Crippen LogP contribution >= 0.6 is 27.3 Å². The number of para-hydroxylation sites is 1. The number of benzene rings is 1. The standard InChI is InChI=1S/C16H17BrN2O5S2/c1-3-18-15(20)10(2)24-16(21)11-6-4-5-7-12(11)19-26(22,23)14-9-8-13(17)25-14/h4-10,19H,3H2,1-2H3,(H,18,20). The van der Waals surface area contributed by atoms with Gasteiger partial charge in [0, 0.05) is 6.54 Å². The van der Waals surface area contributed by atoms with Gasteiger partial charge in [-0.3, -0.25) is 9.52 Å². The van der Waals surface area contributed by atoms with Crippen LogP contribution in [0.25, 0.3) is 0 Å². The van der Waals surface area contributed by atoms with Crippen molar-refractivity contribution >= 4 is 54.9 Å². The number of anilines is 1. The van der Waals surface area contributed by atoms with E-state index >= 15 is 0 Å². The molecule has 26 heavy (non-hydrogen) atoms. The number of ether oxygens (including phenoxy) is 1. The number of halogens is 1. The highest BCUT2D eigenvalue weighted by Gasteiger charge is 2.23. The molecule has 0 saturated carbocycles. The molecule has 1 heterocycles. The molecule has 2 rings (SSSR count). The number of nitrogens with one attached hydrogen (secondary N) is 2. The van der Waals surface area contributed by atoms with Crippen molar-refractivity contribution in [3.63, 3.8) is 0 Å². The molecule has 0 aliphatic carbocycles. The van der Waals surface area contributed by atoms with E-state index in [1.807, 2.05) is 0 Å². The molecule has 1 unspecified atom stereocenters. The van der Waals surface area contributed by atoms with Gasteiger partial charge >= 0.3 is 5.97 Å². The first kappa shape index (κ1) is 20.4. The first-order chi connectivity index (χ1) is 12.2. The van der Waals surface area contributed by atoms with Gasteiger partial charge in [0.1, 0.15) is 4.21 Å². The number of likely N-dealkylation sites (N-methyl/N-ethyl adjacent to an activating group) is 1. The molecule has 0 aliphatic rings. The molecule has 0 radical (unpaired) electrons. The summed E-state index contributed by atoms with van der Waals surface area (Å²) in [6, 6.07) is 9.12. The first-order valence-corrected chi connectivity index (χ1v) is 10.7. The minimum Gasteiger partial charge on any atom is -0.449 e. The minimum atomic E-state index is -3.85. The summed E-state index contributed by atoms with van der Waals surface area (Å²) >= 11 is 4.26. The predicted molar refractivity (Wildman–Crippen MR) is 103 cm³/mol. The Labute approximate surface area is 163 Å². The zero-order valence-corrected chi connectivity index (χ0v) is 17.2. The van der Waals surface area contributed by atoms with Gasteiger partial charge in [-0.05, 0) is 54.0 Å². The Kier molecular flexibility index (Phi) is 6.79. The van der Waals surface area contributed by atoms with Gasteiger partial charge < -0.3 is 10.1 Å². The zero-order valence-electron chi connectivity index (χ0n) is 14.0. The van der Waals surface area contributed by atoms with Crippen LogP contribution in [0.2, 0.25) is 0 Å². The van der Waals surface area contributed by atoms with Gasteiger partial charge in [-0.15, -0.1) is 11.3 Å². The fraction of sp³-hybridized carbons (Fsp3) is 0.250. The van der Waals surface area contributed by atoms with E-state index in [0.29, 0.717) is 10.3 Å². The van der Waals surface area contributed by atoms with Crippen LogP contribution < -0.4 is 10.0 Å². The lowest BCUT2D eigenvalue weighted by molar-refractivity contribution is -0.128. The van der Waals surface area contributed by atoms with Crippen molar-refractivity contribution in [2.45, 2.75) is 24.2 Å². The number of carbonyl (C=O) groups is 2. The second-order valence-corrected chi connectivity index (χ2v) is 9.52. The van der Waals surface area contributed by atoms with Crippen LogP contribution in [0, 0.1) is 0 Å². The van der Waals surface area contributed by atoms with Crippen LogP contribution in [0.4, 0.5) is 5.69 Å². The maximum atomic E-state index is 12.5. The highest BCUT2D eigenvalue weighted by Crippen LogP contribution is 2.28. The van der Waals surface area contributed by atoms with Crippen LogP contribution in [-0.2, 0) is 19.6 Å². The largest absolute Gasteiger partial charge is 0.449 e. The quantitative estimate of drug-likeness (QED) is 0.618. The van der Waals surface area contributed by atoms with E-state index in [2.05, 4.69) is 26.0 Å². The summed E-state index contributed by atoms with van der Waals surface area (Å²) in [5, 5.41) is 2.55. The van der Waals surface area contributed by atoms with Gasteiger partial charge in [-0.25, -0.2) is 13.2 Å². The molecule has 1 aromatic carbocycles. The minimum absolute atomic E-state index is 0.0165. The fourth-order valence-electron chi connectivity index (χ4n) is 1.98. The van der Waals surface area contributed by atoms with Gasteiger partial charge in [0.15, 0.2) is 6.10 Å².